The molecular formula is C17H35ClOP2Pt. The Morgan fingerprint density at radius 3 is 1.23 bits per heavy atom. The van der Waals surface area contributed by atoms with Gasteiger partial charge in [-0.2, -0.15) is 6.07 Å². The van der Waals surface area contributed by atoms with Crippen molar-refractivity contribution in [2.75, 3.05) is 37.0 Å². The molecule has 0 atom stereocenters. The Morgan fingerprint density at radius 2 is 1.18 bits per heavy atom. The third kappa shape index (κ3) is 21.1. The summed E-state index contributed by atoms with van der Waals surface area (Å²) in [5.41, 5.74) is 0. The van der Waals surface area contributed by atoms with E-state index in [1.54, 1.807) is 24.8 Å². The molecule has 0 saturated heterocycles. The molecule has 0 saturated carbocycles. The first-order chi connectivity index (χ1) is 10.6. The molecule has 0 fully saturated rings. The average Bonchev–Trinajstić information content (AvgIpc) is 3.05. The van der Waals surface area contributed by atoms with Gasteiger partial charge in [-0.1, -0.05) is 54.2 Å². The predicted octanol–water partition coefficient (Wildman–Crippen LogP) is 7.13. The van der Waals surface area contributed by atoms with Gasteiger partial charge < -0.3 is 4.42 Å². The van der Waals surface area contributed by atoms with E-state index in [-0.39, 0.29) is 0 Å². The maximum atomic E-state index is 4.78. The molecule has 0 aliphatic rings. The zero-order valence-electron chi connectivity index (χ0n) is 15.4. The van der Waals surface area contributed by atoms with Gasteiger partial charge in [-0.3, -0.25) is 0 Å². The normalized spacial score (nSPS) is 9.27. The third-order valence-corrected chi connectivity index (χ3v) is 8.65. The number of hydrogen-bond donors (Lipinski definition) is 0. The van der Waals surface area contributed by atoms with Crippen LogP contribution in [0.1, 0.15) is 47.3 Å². The summed E-state index contributed by atoms with van der Waals surface area (Å²) in [5.74, 6) is 0.912. The fourth-order valence-electron chi connectivity index (χ4n) is 1.65. The van der Waals surface area contributed by atoms with Gasteiger partial charge in [0.1, 0.15) is 0 Å². The first-order valence-corrected chi connectivity index (χ1v) is 14.7. The van der Waals surface area contributed by atoms with Crippen molar-refractivity contribution in [1.82, 2.24) is 0 Å². The topological polar surface area (TPSA) is 13.1 Å². The number of hydrogen-bond acceptors (Lipinski definition) is 1. The van der Waals surface area contributed by atoms with E-state index in [4.69, 9.17) is 4.42 Å². The monoisotopic (exact) mass is 547 g/mol. The summed E-state index contributed by atoms with van der Waals surface area (Å²) in [5, 5.41) is 0. The van der Waals surface area contributed by atoms with Crippen molar-refractivity contribution in [2.24, 2.45) is 0 Å². The number of furan rings is 1. The van der Waals surface area contributed by atoms with Crippen LogP contribution in [0.5, 0.6) is 0 Å². The molecule has 0 N–H and O–H groups in total. The van der Waals surface area contributed by atoms with E-state index in [9.17, 15) is 0 Å². The van der Waals surface area contributed by atoms with Crippen LogP contribution in [-0.2, 0) is 18.8 Å². The van der Waals surface area contributed by atoms with Crippen molar-refractivity contribution in [2.45, 2.75) is 48.5 Å². The molecule has 1 aromatic heterocycles. The molecule has 5 heteroatoms. The van der Waals surface area contributed by atoms with E-state index >= 15 is 0 Å². The van der Waals surface area contributed by atoms with Gasteiger partial charge >= 0.3 is 28.2 Å². The second kappa shape index (κ2) is 24.4. The van der Waals surface area contributed by atoms with E-state index in [1.807, 2.05) is 6.92 Å². The van der Waals surface area contributed by atoms with Crippen LogP contribution in [0.3, 0.4) is 0 Å². The summed E-state index contributed by atoms with van der Waals surface area (Å²) in [6.45, 7) is 15.6. The minimum absolute atomic E-state index is 0.446. The van der Waals surface area contributed by atoms with E-state index < -0.39 is 0 Å². The van der Waals surface area contributed by atoms with Crippen LogP contribution >= 0.6 is 25.3 Å². The number of rotatable bonds is 6. The van der Waals surface area contributed by atoms with E-state index in [1.165, 1.54) is 43.2 Å². The summed E-state index contributed by atoms with van der Waals surface area (Å²) in [6, 6.07) is 4.55. The Hall–Kier alpha value is 1.12. The molecule has 0 radical (unpaired) electrons. The van der Waals surface area contributed by atoms with Crippen molar-refractivity contribution in [3.8, 4) is 0 Å². The summed E-state index contributed by atoms with van der Waals surface area (Å²) >= 11 is 1.61. The molecule has 0 aromatic carbocycles. The first-order valence-electron chi connectivity index (χ1n) is 8.07. The molecule has 1 heterocycles. The summed E-state index contributed by atoms with van der Waals surface area (Å²) < 4.78 is 4.78. The Bertz CT molecular complexity index is 241. The van der Waals surface area contributed by atoms with Gasteiger partial charge in [0.2, 0.25) is 0 Å². The van der Waals surface area contributed by atoms with Crippen molar-refractivity contribution in [1.29, 1.82) is 0 Å². The summed E-state index contributed by atoms with van der Waals surface area (Å²) in [6.07, 6.45) is 10.1. The molecule has 0 aliphatic carbocycles. The number of aryl methyl sites for hydroxylation is 1. The van der Waals surface area contributed by atoms with Crippen LogP contribution in [-0.4, -0.2) is 37.0 Å². The molecule has 22 heavy (non-hydrogen) atoms. The van der Waals surface area contributed by atoms with Crippen LogP contribution < -0.4 is 0 Å². The van der Waals surface area contributed by atoms with Crippen LogP contribution in [0.25, 0.3) is 0 Å². The van der Waals surface area contributed by atoms with Crippen LogP contribution in [0.4, 0.5) is 0 Å². The second-order valence-electron chi connectivity index (χ2n) is 4.40. The van der Waals surface area contributed by atoms with E-state index in [0.29, 0.717) is 15.8 Å². The molecule has 0 bridgehead atoms. The van der Waals surface area contributed by atoms with E-state index in [0.717, 1.165) is 5.76 Å². The zero-order valence-corrected chi connectivity index (χ0v) is 20.2. The maximum absolute atomic E-state index is 4.78. The molecular weight excluding hydrogens is 513 g/mol. The first kappa shape index (κ1) is 27.9. The average molecular weight is 548 g/mol. The minimum atomic E-state index is 0.446. The van der Waals surface area contributed by atoms with Gasteiger partial charge in [0.05, 0.1) is 0 Å². The zero-order chi connectivity index (χ0) is 17.8. The van der Waals surface area contributed by atoms with Crippen molar-refractivity contribution < 1.29 is 23.2 Å². The molecule has 0 unspecified atom stereocenters. The van der Waals surface area contributed by atoms with E-state index in [2.05, 4.69) is 57.0 Å². The molecule has 1 nitrogen and oxygen atoms in total. The Balaban J connectivity index is -0.000000233. The van der Waals surface area contributed by atoms with Crippen molar-refractivity contribution in [3.05, 3.63) is 24.2 Å². The molecule has 0 spiro atoms. The summed E-state index contributed by atoms with van der Waals surface area (Å²) in [7, 11) is 5.50. The van der Waals surface area contributed by atoms with Crippen molar-refractivity contribution >= 4 is 25.3 Å². The van der Waals surface area contributed by atoms with Gasteiger partial charge in [-0.25, -0.2) is 6.07 Å². The standard InChI is InChI=1S/2C6H15P.C5H5O.ClH.Pt/c2*1-4-7(5-2)6-3;1-5-3-2-4-6-5;;/h2*4-6H2,1-3H3;3-4H,1H3;1H;/q;;-1;;+2/p-1. The SMILES string of the molecule is CCP(CC)CC.CCP(CC)CC.Cc1c[c-]co1.[Cl][Pt+]. The van der Waals surface area contributed by atoms with Crippen LogP contribution in [0.2, 0.25) is 0 Å². The molecule has 0 amide bonds. The Labute approximate surface area is 157 Å². The van der Waals surface area contributed by atoms with Gasteiger partial charge in [0, 0.05) is 0 Å². The van der Waals surface area contributed by atoms with Gasteiger partial charge in [0.25, 0.3) is 0 Å². The van der Waals surface area contributed by atoms with Crippen LogP contribution in [0.15, 0.2) is 16.7 Å². The molecule has 1 rings (SSSR count). The molecule has 1 aromatic rings. The molecule has 136 valence electrons. The second-order valence-corrected chi connectivity index (χ2v) is 10.9. The van der Waals surface area contributed by atoms with Gasteiger partial charge in [0.15, 0.2) is 0 Å². The fraction of sp³-hybridized carbons (Fsp3) is 0.765. The number of halogens is 1. The Morgan fingerprint density at radius 1 is 0.864 bits per heavy atom. The van der Waals surface area contributed by atoms with Crippen molar-refractivity contribution in [3.63, 3.8) is 0 Å². The molecule has 0 aliphatic heterocycles. The Kier molecular flexibility index (Phi) is 31.0. The van der Waals surface area contributed by atoms with Gasteiger partial charge in [-0.15, -0.1) is 15.8 Å². The summed E-state index contributed by atoms with van der Waals surface area (Å²) in [4.78, 5) is 0. The van der Waals surface area contributed by atoms with Crippen LogP contribution in [0, 0.1) is 13.0 Å². The predicted molar refractivity (Wildman–Crippen MR) is 105 cm³/mol. The fourth-order valence-corrected chi connectivity index (χ4v) is 4.34. The third-order valence-electron chi connectivity index (χ3n) is 3.28. The van der Waals surface area contributed by atoms with Gasteiger partial charge in [-0.05, 0) is 43.2 Å². The quantitative estimate of drug-likeness (QED) is 0.273.